The second kappa shape index (κ2) is 5.36. The molecule has 3 heteroatoms. The Morgan fingerprint density at radius 3 is 2.76 bits per heavy atom. The Morgan fingerprint density at radius 2 is 2.12 bits per heavy atom. The quantitative estimate of drug-likeness (QED) is 0.713. The van der Waals surface area contributed by atoms with Gasteiger partial charge in [-0.2, -0.15) is 0 Å². The predicted molar refractivity (Wildman–Crippen MR) is 78.2 cm³/mol. The van der Waals surface area contributed by atoms with Gasteiger partial charge in [0.2, 0.25) is 0 Å². The summed E-state index contributed by atoms with van der Waals surface area (Å²) in [6, 6.07) is 8.03. The van der Waals surface area contributed by atoms with E-state index in [1.54, 1.807) is 0 Å². The SMILES string of the molecule is CCC(c1ccnc2cc(Cl)ccc12)C(C)Br. The van der Waals surface area contributed by atoms with Crippen LogP contribution in [0.1, 0.15) is 31.7 Å². The smallest absolute Gasteiger partial charge is 0.0719 e. The lowest BCUT2D eigenvalue weighted by atomic mass is 9.91. The highest BCUT2D eigenvalue weighted by atomic mass is 79.9. The summed E-state index contributed by atoms with van der Waals surface area (Å²) in [7, 11) is 0. The minimum Gasteiger partial charge on any atom is -0.256 e. The molecule has 1 nitrogen and oxygen atoms in total. The Hall–Kier alpha value is -0.600. The first-order valence-electron chi connectivity index (χ1n) is 5.81. The van der Waals surface area contributed by atoms with E-state index in [0.29, 0.717) is 10.7 Å². The Labute approximate surface area is 115 Å². The minimum absolute atomic E-state index is 0.453. The highest BCUT2D eigenvalue weighted by Crippen LogP contribution is 2.33. The van der Waals surface area contributed by atoms with Gasteiger partial charge in [0.05, 0.1) is 5.52 Å². The van der Waals surface area contributed by atoms with Crippen molar-refractivity contribution in [2.75, 3.05) is 0 Å². The Bertz CT molecular complexity index is 525. The molecule has 0 amide bonds. The zero-order valence-corrected chi connectivity index (χ0v) is 12.3. The summed E-state index contributed by atoms with van der Waals surface area (Å²) in [5, 5.41) is 1.94. The first-order valence-corrected chi connectivity index (χ1v) is 7.11. The van der Waals surface area contributed by atoms with Crippen molar-refractivity contribution in [3.8, 4) is 0 Å². The molecular formula is C14H15BrClN. The van der Waals surface area contributed by atoms with Crippen LogP contribution in [0.4, 0.5) is 0 Å². The van der Waals surface area contributed by atoms with Gasteiger partial charge < -0.3 is 0 Å². The van der Waals surface area contributed by atoms with E-state index in [2.05, 4.69) is 46.9 Å². The molecule has 90 valence electrons. The number of hydrogen-bond acceptors (Lipinski definition) is 1. The molecule has 0 aliphatic heterocycles. The summed E-state index contributed by atoms with van der Waals surface area (Å²) in [6.45, 7) is 4.40. The standard InChI is InChI=1S/C14H15BrClN/c1-3-11(9(2)15)12-6-7-17-14-8-10(16)4-5-13(12)14/h4-9,11H,3H2,1-2H3. The average Bonchev–Trinajstić information content (AvgIpc) is 2.29. The van der Waals surface area contributed by atoms with Crippen LogP contribution >= 0.6 is 27.5 Å². The van der Waals surface area contributed by atoms with Crippen molar-refractivity contribution >= 4 is 38.4 Å². The van der Waals surface area contributed by atoms with E-state index in [1.165, 1.54) is 10.9 Å². The van der Waals surface area contributed by atoms with E-state index in [1.807, 2.05) is 18.3 Å². The van der Waals surface area contributed by atoms with E-state index in [-0.39, 0.29) is 0 Å². The average molecular weight is 313 g/mol. The van der Waals surface area contributed by atoms with Crippen molar-refractivity contribution in [3.05, 3.63) is 41.0 Å². The van der Waals surface area contributed by atoms with Gasteiger partial charge in [-0.15, -0.1) is 0 Å². The van der Waals surface area contributed by atoms with Crippen LogP contribution in [-0.4, -0.2) is 9.81 Å². The first-order chi connectivity index (χ1) is 8.13. The topological polar surface area (TPSA) is 12.9 Å². The van der Waals surface area contributed by atoms with Gasteiger partial charge in [-0.05, 0) is 36.1 Å². The molecule has 2 aromatic rings. The number of benzene rings is 1. The molecule has 0 aliphatic carbocycles. The van der Waals surface area contributed by atoms with Crippen molar-refractivity contribution < 1.29 is 0 Å². The van der Waals surface area contributed by atoms with E-state index < -0.39 is 0 Å². The number of nitrogens with zero attached hydrogens (tertiary/aromatic N) is 1. The fourth-order valence-electron chi connectivity index (χ4n) is 2.26. The molecule has 0 bridgehead atoms. The Balaban J connectivity index is 2.61. The van der Waals surface area contributed by atoms with Crippen molar-refractivity contribution in [3.63, 3.8) is 0 Å². The Kier molecular flexibility index (Phi) is 4.05. The van der Waals surface area contributed by atoms with Crippen molar-refractivity contribution in [2.45, 2.75) is 31.0 Å². The number of pyridine rings is 1. The summed E-state index contributed by atoms with van der Waals surface area (Å²) >= 11 is 9.69. The van der Waals surface area contributed by atoms with Crippen LogP contribution in [0.3, 0.4) is 0 Å². The third-order valence-corrected chi connectivity index (χ3v) is 4.01. The molecule has 0 spiro atoms. The lowest BCUT2D eigenvalue weighted by Crippen LogP contribution is -2.08. The highest BCUT2D eigenvalue weighted by Gasteiger charge is 2.17. The van der Waals surface area contributed by atoms with Gasteiger partial charge in [-0.1, -0.05) is 47.4 Å². The maximum Gasteiger partial charge on any atom is 0.0719 e. The van der Waals surface area contributed by atoms with Crippen molar-refractivity contribution in [1.29, 1.82) is 0 Å². The number of rotatable bonds is 3. The van der Waals surface area contributed by atoms with E-state index >= 15 is 0 Å². The molecule has 17 heavy (non-hydrogen) atoms. The molecular weight excluding hydrogens is 298 g/mol. The number of aromatic nitrogens is 1. The molecule has 0 radical (unpaired) electrons. The van der Waals surface area contributed by atoms with Crippen LogP contribution in [0.2, 0.25) is 5.02 Å². The van der Waals surface area contributed by atoms with Crippen LogP contribution < -0.4 is 0 Å². The number of alkyl halides is 1. The largest absolute Gasteiger partial charge is 0.256 e. The maximum atomic E-state index is 6.00. The molecule has 0 saturated carbocycles. The molecule has 0 saturated heterocycles. The second-order valence-corrected chi connectivity index (χ2v) is 6.13. The lowest BCUT2D eigenvalue weighted by molar-refractivity contribution is 0.668. The molecule has 0 N–H and O–H groups in total. The number of halogens is 2. The van der Waals surface area contributed by atoms with Gasteiger partial charge >= 0.3 is 0 Å². The highest BCUT2D eigenvalue weighted by molar-refractivity contribution is 9.09. The van der Waals surface area contributed by atoms with Gasteiger partial charge in [-0.25, -0.2) is 0 Å². The molecule has 1 heterocycles. The lowest BCUT2D eigenvalue weighted by Gasteiger charge is -2.19. The fourth-order valence-corrected chi connectivity index (χ4v) is 3.08. The van der Waals surface area contributed by atoms with Crippen molar-refractivity contribution in [2.24, 2.45) is 0 Å². The third kappa shape index (κ3) is 2.63. The van der Waals surface area contributed by atoms with E-state index in [0.717, 1.165) is 17.0 Å². The van der Waals surface area contributed by atoms with Crippen LogP contribution in [-0.2, 0) is 0 Å². The zero-order valence-electron chi connectivity index (χ0n) is 9.95. The van der Waals surface area contributed by atoms with E-state index in [4.69, 9.17) is 11.6 Å². The minimum atomic E-state index is 0.453. The van der Waals surface area contributed by atoms with Crippen LogP contribution in [0.15, 0.2) is 30.5 Å². The summed E-state index contributed by atoms with van der Waals surface area (Å²) in [5.41, 5.74) is 2.32. The number of fused-ring (bicyclic) bond motifs is 1. The second-order valence-electron chi connectivity index (χ2n) is 4.25. The van der Waals surface area contributed by atoms with Gasteiger partial charge in [0.1, 0.15) is 0 Å². The maximum absolute atomic E-state index is 6.00. The van der Waals surface area contributed by atoms with Crippen LogP contribution in [0.25, 0.3) is 10.9 Å². The monoisotopic (exact) mass is 311 g/mol. The molecule has 1 aromatic heterocycles. The summed E-state index contributed by atoms with van der Waals surface area (Å²) in [6.07, 6.45) is 2.97. The Morgan fingerprint density at radius 1 is 1.35 bits per heavy atom. The van der Waals surface area contributed by atoms with Gasteiger partial charge in [-0.3, -0.25) is 4.98 Å². The molecule has 1 aromatic carbocycles. The molecule has 2 rings (SSSR count). The normalized spacial score (nSPS) is 14.8. The van der Waals surface area contributed by atoms with E-state index in [9.17, 15) is 0 Å². The summed E-state index contributed by atoms with van der Waals surface area (Å²) < 4.78 is 0. The number of hydrogen-bond donors (Lipinski definition) is 0. The van der Waals surface area contributed by atoms with Crippen LogP contribution in [0.5, 0.6) is 0 Å². The molecule has 0 fully saturated rings. The molecule has 0 aliphatic rings. The van der Waals surface area contributed by atoms with Crippen LogP contribution in [0, 0.1) is 0 Å². The zero-order chi connectivity index (χ0) is 12.4. The fraction of sp³-hybridized carbons (Fsp3) is 0.357. The first kappa shape index (κ1) is 12.8. The molecule has 2 unspecified atom stereocenters. The van der Waals surface area contributed by atoms with Gasteiger partial charge in [0, 0.05) is 21.4 Å². The molecule has 2 atom stereocenters. The third-order valence-electron chi connectivity index (χ3n) is 3.13. The van der Waals surface area contributed by atoms with Gasteiger partial charge in [0.25, 0.3) is 0 Å². The predicted octanol–water partition coefficient (Wildman–Crippen LogP) is 5.17. The van der Waals surface area contributed by atoms with Crippen molar-refractivity contribution in [1.82, 2.24) is 4.98 Å². The summed E-state index contributed by atoms with van der Waals surface area (Å²) in [5.74, 6) is 0.502. The summed E-state index contributed by atoms with van der Waals surface area (Å²) in [4.78, 5) is 4.83. The van der Waals surface area contributed by atoms with Gasteiger partial charge in [0.15, 0.2) is 0 Å².